The molecule has 2 heterocycles. The average molecular weight is 492 g/mol. The van der Waals surface area contributed by atoms with Crippen molar-refractivity contribution in [3.8, 4) is 17.2 Å². The van der Waals surface area contributed by atoms with Crippen LogP contribution in [-0.2, 0) is 16.4 Å². The minimum atomic E-state index is -3.62. The second-order valence-electron chi connectivity index (χ2n) is 7.88. The predicted octanol–water partition coefficient (Wildman–Crippen LogP) is 2.28. The first-order valence-corrected chi connectivity index (χ1v) is 12.9. The molecule has 1 fully saturated rings. The molecule has 0 radical (unpaired) electrons. The first-order valence-electron chi connectivity index (χ1n) is 11.0. The standard InChI is InChI=1S/C23H29N3O5S2/c1-29-19-5-3-18(4-6-19)9-10-24-23(32)25-11-13-26(14-12-25)33(27,28)20-7-8-21-22(17-20)31-16-2-15-30-21/h3-8,17H,2,9-16H2,1H3,(H,24,32). The van der Waals surface area contributed by atoms with Crippen LogP contribution in [0.3, 0.4) is 0 Å². The highest BCUT2D eigenvalue weighted by Crippen LogP contribution is 2.33. The van der Waals surface area contributed by atoms with Crippen molar-refractivity contribution in [3.63, 3.8) is 0 Å². The van der Waals surface area contributed by atoms with Gasteiger partial charge in [-0.05, 0) is 48.5 Å². The van der Waals surface area contributed by atoms with Gasteiger partial charge in [0.25, 0.3) is 0 Å². The second kappa shape index (κ2) is 10.6. The Morgan fingerprint density at radius 2 is 1.73 bits per heavy atom. The highest BCUT2D eigenvalue weighted by atomic mass is 32.2. The number of nitrogens with zero attached hydrogens (tertiary/aromatic N) is 2. The summed E-state index contributed by atoms with van der Waals surface area (Å²) in [7, 11) is -1.97. The molecule has 2 aliphatic heterocycles. The fourth-order valence-electron chi connectivity index (χ4n) is 3.80. The quantitative estimate of drug-likeness (QED) is 0.617. The van der Waals surface area contributed by atoms with E-state index in [0.717, 1.165) is 18.6 Å². The van der Waals surface area contributed by atoms with Crippen molar-refractivity contribution in [2.45, 2.75) is 17.7 Å². The molecule has 2 aliphatic rings. The lowest BCUT2D eigenvalue weighted by Crippen LogP contribution is -2.53. The summed E-state index contributed by atoms with van der Waals surface area (Å²) < 4.78 is 44.3. The van der Waals surface area contributed by atoms with Gasteiger partial charge in [0.15, 0.2) is 16.6 Å². The summed E-state index contributed by atoms with van der Waals surface area (Å²) in [5.41, 5.74) is 1.19. The summed E-state index contributed by atoms with van der Waals surface area (Å²) in [5.74, 6) is 1.90. The molecule has 2 aromatic carbocycles. The lowest BCUT2D eigenvalue weighted by Gasteiger charge is -2.35. The van der Waals surface area contributed by atoms with Crippen LogP contribution in [0.1, 0.15) is 12.0 Å². The van der Waals surface area contributed by atoms with Gasteiger partial charge in [-0.2, -0.15) is 4.31 Å². The van der Waals surface area contributed by atoms with Crippen LogP contribution in [-0.4, -0.2) is 75.8 Å². The van der Waals surface area contributed by atoms with E-state index < -0.39 is 10.0 Å². The first kappa shape index (κ1) is 23.6. The van der Waals surface area contributed by atoms with E-state index in [2.05, 4.69) is 5.32 Å². The highest BCUT2D eigenvalue weighted by Gasteiger charge is 2.30. The zero-order chi connectivity index (χ0) is 23.3. The van der Waals surface area contributed by atoms with Crippen LogP contribution in [0.15, 0.2) is 47.4 Å². The summed E-state index contributed by atoms with van der Waals surface area (Å²) in [4.78, 5) is 2.24. The number of hydrogen-bond acceptors (Lipinski definition) is 6. The SMILES string of the molecule is COc1ccc(CCNC(=S)N2CCN(S(=O)(=O)c3ccc4c(c3)OCCCO4)CC2)cc1. The summed E-state index contributed by atoms with van der Waals surface area (Å²) in [6, 6.07) is 12.8. The molecular formula is C23H29N3O5S2. The van der Waals surface area contributed by atoms with Crippen molar-refractivity contribution >= 4 is 27.4 Å². The molecule has 0 aliphatic carbocycles. The molecule has 0 spiro atoms. The third kappa shape index (κ3) is 5.69. The van der Waals surface area contributed by atoms with Crippen LogP contribution in [0.4, 0.5) is 0 Å². The average Bonchev–Trinajstić information content (AvgIpc) is 3.09. The third-order valence-electron chi connectivity index (χ3n) is 5.73. The molecule has 0 unspecified atom stereocenters. The Morgan fingerprint density at radius 1 is 1.03 bits per heavy atom. The maximum Gasteiger partial charge on any atom is 0.243 e. The summed E-state index contributed by atoms with van der Waals surface area (Å²) in [6.45, 7) is 3.61. The van der Waals surface area contributed by atoms with E-state index in [1.54, 1.807) is 25.3 Å². The van der Waals surface area contributed by atoms with Gasteiger partial charge in [-0.3, -0.25) is 0 Å². The summed E-state index contributed by atoms with van der Waals surface area (Å²) in [6.07, 6.45) is 1.61. The Bertz CT molecular complexity index is 1070. The van der Waals surface area contributed by atoms with Gasteiger partial charge in [0.1, 0.15) is 5.75 Å². The molecule has 178 valence electrons. The Hall–Kier alpha value is -2.56. The molecule has 4 rings (SSSR count). The number of sulfonamides is 1. The number of methoxy groups -OCH3 is 1. The lowest BCUT2D eigenvalue weighted by atomic mass is 10.1. The molecule has 0 bridgehead atoms. The molecule has 2 aromatic rings. The normalized spacial score (nSPS) is 16.7. The van der Waals surface area contributed by atoms with Crippen molar-refractivity contribution < 1.29 is 22.6 Å². The van der Waals surface area contributed by atoms with E-state index in [1.807, 2.05) is 29.2 Å². The van der Waals surface area contributed by atoms with Gasteiger partial charge in [-0.15, -0.1) is 0 Å². The fourth-order valence-corrected chi connectivity index (χ4v) is 5.53. The number of ether oxygens (including phenoxy) is 3. The van der Waals surface area contributed by atoms with Gasteiger partial charge in [-0.25, -0.2) is 8.42 Å². The van der Waals surface area contributed by atoms with Crippen LogP contribution < -0.4 is 19.5 Å². The molecule has 10 heteroatoms. The largest absolute Gasteiger partial charge is 0.497 e. The Kier molecular flexibility index (Phi) is 7.56. The van der Waals surface area contributed by atoms with E-state index in [-0.39, 0.29) is 4.90 Å². The zero-order valence-electron chi connectivity index (χ0n) is 18.7. The monoisotopic (exact) mass is 491 g/mol. The Balaban J connectivity index is 1.28. The number of rotatable bonds is 6. The van der Waals surface area contributed by atoms with E-state index in [4.69, 9.17) is 26.4 Å². The van der Waals surface area contributed by atoms with Gasteiger partial charge in [0.2, 0.25) is 10.0 Å². The van der Waals surface area contributed by atoms with Crippen LogP contribution in [0.25, 0.3) is 0 Å². The van der Waals surface area contributed by atoms with Gasteiger partial charge in [0, 0.05) is 45.2 Å². The summed E-state index contributed by atoms with van der Waals surface area (Å²) >= 11 is 5.53. The van der Waals surface area contributed by atoms with Gasteiger partial charge < -0.3 is 24.4 Å². The van der Waals surface area contributed by atoms with Crippen molar-refractivity contribution in [1.82, 2.24) is 14.5 Å². The smallest absolute Gasteiger partial charge is 0.243 e. The molecule has 0 saturated carbocycles. The molecule has 0 atom stereocenters. The van der Waals surface area contributed by atoms with Gasteiger partial charge in [0.05, 0.1) is 25.2 Å². The topological polar surface area (TPSA) is 80.3 Å². The number of benzene rings is 2. The van der Waals surface area contributed by atoms with Crippen molar-refractivity contribution in [2.75, 3.05) is 53.0 Å². The second-order valence-corrected chi connectivity index (χ2v) is 10.2. The van der Waals surface area contributed by atoms with Gasteiger partial charge >= 0.3 is 0 Å². The number of fused-ring (bicyclic) bond motifs is 1. The highest BCUT2D eigenvalue weighted by molar-refractivity contribution is 7.89. The van der Waals surface area contributed by atoms with E-state index in [9.17, 15) is 8.42 Å². The lowest BCUT2D eigenvalue weighted by molar-refractivity contribution is 0.264. The minimum Gasteiger partial charge on any atom is -0.497 e. The maximum atomic E-state index is 13.2. The molecule has 0 aromatic heterocycles. The third-order valence-corrected chi connectivity index (χ3v) is 8.03. The number of piperazine rings is 1. The molecule has 8 nitrogen and oxygen atoms in total. The Labute approximate surface area is 200 Å². The van der Waals surface area contributed by atoms with Crippen LogP contribution in [0, 0.1) is 0 Å². The van der Waals surface area contributed by atoms with Crippen LogP contribution in [0.5, 0.6) is 17.2 Å². The number of hydrogen-bond donors (Lipinski definition) is 1. The molecule has 1 saturated heterocycles. The van der Waals surface area contributed by atoms with Gasteiger partial charge in [-0.1, -0.05) is 12.1 Å². The molecule has 33 heavy (non-hydrogen) atoms. The number of thiocarbonyl (C=S) groups is 1. The molecule has 0 amide bonds. The molecule has 1 N–H and O–H groups in total. The fraction of sp³-hybridized carbons (Fsp3) is 0.435. The minimum absolute atomic E-state index is 0.223. The zero-order valence-corrected chi connectivity index (χ0v) is 20.3. The number of nitrogens with one attached hydrogen (secondary N) is 1. The van der Waals surface area contributed by atoms with Crippen LogP contribution in [0.2, 0.25) is 0 Å². The van der Waals surface area contributed by atoms with Crippen molar-refractivity contribution in [2.24, 2.45) is 0 Å². The summed E-state index contributed by atoms with van der Waals surface area (Å²) in [5, 5.41) is 3.93. The van der Waals surface area contributed by atoms with E-state index in [0.29, 0.717) is 62.5 Å². The van der Waals surface area contributed by atoms with E-state index in [1.165, 1.54) is 9.87 Å². The molecular weight excluding hydrogens is 462 g/mol. The van der Waals surface area contributed by atoms with Crippen LogP contribution >= 0.6 is 12.2 Å². The van der Waals surface area contributed by atoms with E-state index >= 15 is 0 Å². The maximum absolute atomic E-state index is 13.2. The Morgan fingerprint density at radius 3 is 2.42 bits per heavy atom. The van der Waals surface area contributed by atoms with Crippen molar-refractivity contribution in [3.05, 3.63) is 48.0 Å². The predicted molar refractivity (Wildman–Crippen MR) is 130 cm³/mol. The first-order chi connectivity index (χ1) is 16.0. The van der Waals surface area contributed by atoms with Crippen molar-refractivity contribution in [1.29, 1.82) is 0 Å².